The average molecular weight is 422 g/mol. The monoisotopic (exact) mass is 421 g/mol. The Morgan fingerprint density at radius 3 is 2.25 bits per heavy atom. The molecule has 6 nitrogen and oxygen atoms in total. The van der Waals surface area contributed by atoms with Crippen molar-refractivity contribution in [3.8, 4) is 0 Å². The Bertz CT molecular complexity index is 944. The number of aryl methyl sites for hydroxylation is 2. The Hall–Kier alpha value is -1.77. The maximum Gasteiger partial charge on any atom is 0.265 e. The van der Waals surface area contributed by atoms with E-state index in [4.69, 9.17) is 0 Å². The molecule has 1 atom stereocenters. The van der Waals surface area contributed by atoms with Crippen molar-refractivity contribution < 1.29 is 13.2 Å². The fraction of sp³-hybridized carbons (Fsp3) is 0.500. The molecular weight excluding hydrogens is 394 g/mol. The number of sulfonamides is 1. The molecule has 8 heteroatoms. The standard InChI is InChI=1S/C20H27N3O3S2/c1-5-14(2)17-6-8-18(9-7-17)28(25,26)23-12-10-22(11-13-23)20(24)19-15(3)21-16(4)27-19/h6-9,14H,5,10-13H2,1-4H3. The lowest BCUT2D eigenvalue weighted by molar-refractivity contribution is 0.0702. The van der Waals surface area contributed by atoms with E-state index in [1.54, 1.807) is 17.0 Å². The normalized spacial score (nSPS) is 16.9. The summed E-state index contributed by atoms with van der Waals surface area (Å²) in [7, 11) is -3.54. The predicted molar refractivity (Wildman–Crippen MR) is 111 cm³/mol. The third-order valence-electron chi connectivity index (χ3n) is 5.32. The van der Waals surface area contributed by atoms with Crippen molar-refractivity contribution in [1.82, 2.24) is 14.2 Å². The zero-order valence-corrected chi connectivity index (χ0v) is 18.4. The Morgan fingerprint density at radius 2 is 1.75 bits per heavy atom. The summed E-state index contributed by atoms with van der Waals surface area (Å²) in [6.45, 7) is 9.35. The largest absolute Gasteiger partial charge is 0.335 e. The number of nitrogens with zero attached hydrogens (tertiary/aromatic N) is 3. The number of aromatic nitrogens is 1. The molecule has 2 heterocycles. The van der Waals surface area contributed by atoms with Crippen molar-refractivity contribution >= 4 is 27.3 Å². The van der Waals surface area contributed by atoms with Crippen LogP contribution in [0.2, 0.25) is 0 Å². The number of carbonyl (C=O) groups excluding carboxylic acids is 1. The molecule has 0 saturated carbocycles. The molecule has 1 unspecified atom stereocenters. The molecule has 1 aliphatic rings. The van der Waals surface area contributed by atoms with E-state index in [2.05, 4.69) is 18.8 Å². The highest BCUT2D eigenvalue weighted by Crippen LogP contribution is 2.24. The van der Waals surface area contributed by atoms with Gasteiger partial charge in [-0.3, -0.25) is 4.79 Å². The van der Waals surface area contributed by atoms with Crippen molar-refractivity contribution in [2.45, 2.75) is 44.9 Å². The van der Waals surface area contributed by atoms with Crippen LogP contribution < -0.4 is 0 Å². The fourth-order valence-electron chi connectivity index (χ4n) is 3.36. The minimum atomic E-state index is -3.54. The molecule has 0 radical (unpaired) electrons. The van der Waals surface area contributed by atoms with Crippen LogP contribution >= 0.6 is 11.3 Å². The Labute approximate surface area is 171 Å². The van der Waals surface area contributed by atoms with Crippen molar-refractivity contribution in [3.63, 3.8) is 0 Å². The summed E-state index contributed by atoms with van der Waals surface area (Å²) in [4.78, 5) is 19.7. The molecule has 1 saturated heterocycles. The van der Waals surface area contributed by atoms with Gasteiger partial charge >= 0.3 is 0 Å². The average Bonchev–Trinajstić information content (AvgIpc) is 3.05. The smallest absolute Gasteiger partial charge is 0.265 e. The molecule has 1 fully saturated rings. The minimum Gasteiger partial charge on any atom is -0.335 e. The number of piperazine rings is 1. The summed E-state index contributed by atoms with van der Waals surface area (Å²) in [5, 5.41) is 0.864. The summed E-state index contributed by atoms with van der Waals surface area (Å²) < 4.78 is 27.4. The van der Waals surface area contributed by atoms with E-state index in [0.717, 1.165) is 22.7 Å². The molecule has 2 aromatic rings. The van der Waals surface area contributed by atoms with Crippen molar-refractivity contribution in [2.75, 3.05) is 26.2 Å². The molecule has 152 valence electrons. The van der Waals surface area contributed by atoms with Crippen LogP contribution in [0.25, 0.3) is 0 Å². The quantitative estimate of drug-likeness (QED) is 0.742. The van der Waals surface area contributed by atoms with Gasteiger partial charge in [-0.15, -0.1) is 11.3 Å². The van der Waals surface area contributed by atoms with E-state index in [1.807, 2.05) is 26.0 Å². The Morgan fingerprint density at radius 1 is 1.14 bits per heavy atom. The van der Waals surface area contributed by atoms with Gasteiger partial charge in [-0.25, -0.2) is 13.4 Å². The van der Waals surface area contributed by atoms with Gasteiger partial charge in [0.1, 0.15) is 4.88 Å². The second-order valence-electron chi connectivity index (χ2n) is 7.22. The maximum absolute atomic E-state index is 13.0. The first-order valence-electron chi connectivity index (χ1n) is 9.57. The van der Waals surface area contributed by atoms with E-state index in [1.165, 1.54) is 15.6 Å². The number of benzene rings is 1. The summed E-state index contributed by atoms with van der Waals surface area (Å²) in [5.74, 6) is 0.350. The van der Waals surface area contributed by atoms with Gasteiger partial charge in [-0.1, -0.05) is 26.0 Å². The highest BCUT2D eigenvalue weighted by Gasteiger charge is 2.31. The Kier molecular flexibility index (Phi) is 6.21. The highest BCUT2D eigenvalue weighted by atomic mass is 32.2. The van der Waals surface area contributed by atoms with Crippen LogP contribution in [0.1, 0.15) is 52.1 Å². The van der Waals surface area contributed by atoms with Gasteiger partial charge in [0, 0.05) is 26.2 Å². The number of thiazole rings is 1. The SMILES string of the molecule is CCC(C)c1ccc(S(=O)(=O)N2CCN(C(=O)c3sc(C)nc3C)CC2)cc1. The van der Waals surface area contributed by atoms with Gasteiger partial charge in [0.25, 0.3) is 5.91 Å². The topological polar surface area (TPSA) is 70.6 Å². The van der Waals surface area contributed by atoms with E-state index in [9.17, 15) is 13.2 Å². The third kappa shape index (κ3) is 4.14. The van der Waals surface area contributed by atoms with Gasteiger partial charge in [0.05, 0.1) is 15.6 Å². The fourth-order valence-corrected chi connectivity index (χ4v) is 5.67. The molecule has 0 bridgehead atoms. The van der Waals surface area contributed by atoms with Crippen LogP contribution in [0.3, 0.4) is 0 Å². The molecule has 0 aliphatic carbocycles. The van der Waals surface area contributed by atoms with E-state index in [-0.39, 0.29) is 5.91 Å². The second kappa shape index (κ2) is 8.31. The molecular formula is C20H27N3O3S2. The van der Waals surface area contributed by atoms with Crippen LogP contribution in [-0.4, -0.2) is 54.7 Å². The number of hydrogen-bond donors (Lipinski definition) is 0. The molecule has 1 aromatic carbocycles. The van der Waals surface area contributed by atoms with Crippen molar-refractivity contribution in [1.29, 1.82) is 0 Å². The number of rotatable bonds is 5. The van der Waals surface area contributed by atoms with E-state index in [0.29, 0.717) is 41.9 Å². The van der Waals surface area contributed by atoms with Crippen LogP contribution in [0, 0.1) is 13.8 Å². The number of carbonyl (C=O) groups is 1. The summed E-state index contributed by atoms with van der Waals surface area (Å²) in [6.07, 6.45) is 1.01. The van der Waals surface area contributed by atoms with Gasteiger partial charge in [-0.05, 0) is 43.9 Å². The minimum absolute atomic E-state index is 0.0574. The van der Waals surface area contributed by atoms with Crippen LogP contribution in [-0.2, 0) is 10.0 Å². The van der Waals surface area contributed by atoms with Gasteiger partial charge in [0.2, 0.25) is 10.0 Å². The first-order chi connectivity index (χ1) is 13.2. The van der Waals surface area contributed by atoms with E-state index < -0.39 is 10.0 Å². The zero-order chi connectivity index (χ0) is 20.5. The molecule has 0 spiro atoms. The predicted octanol–water partition coefficient (Wildman–Crippen LogP) is 3.42. The maximum atomic E-state index is 13.0. The lowest BCUT2D eigenvalue weighted by Crippen LogP contribution is -2.50. The molecule has 1 aromatic heterocycles. The summed E-state index contributed by atoms with van der Waals surface area (Å²) in [5.41, 5.74) is 1.89. The molecule has 1 aliphatic heterocycles. The summed E-state index contributed by atoms with van der Waals surface area (Å²) >= 11 is 1.39. The first kappa shape index (κ1) is 21.0. The molecule has 1 amide bonds. The number of hydrogen-bond acceptors (Lipinski definition) is 5. The van der Waals surface area contributed by atoms with Gasteiger partial charge in [-0.2, -0.15) is 4.31 Å². The van der Waals surface area contributed by atoms with Crippen LogP contribution in [0.5, 0.6) is 0 Å². The lowest BCUT2D eigenvalue weighted by atomic mass is 9.99. The number of amides is 1. The van der Waals surface area contributed by atoms with Gasteiger partial charge < -0.3 is 4.90 Å². The lowest BCUT2D eigenvalue weighted by Gasteiger charge is -2.33. The first-order valence-corrected chi connectivity index (χ1v) is 11.8. The third-order valence-corrected chi connectivity index (χ3v) is 8.30. The highest BCUT2D eigenvalue weighted by molar-refractivity contribution is 7.89. The Balaban J connectivity index is 1.68. The van der Waals surface area contributed by atoms with E-state index >= 15 is 0 Å². The molecule has 0 N–H and O–H groups in total. The van der Waals surface area contributed by atoms with Crippen molar-refractivity contribution in [3.05, 3.63) is 45.4 Å². The van der Waals surface area contributed by atoms with Crippen molar-refractivity contribution in [2.24, 2.45) is 0 Å². The zero-order valence-electron chi connectivity index (χ0n) is 16.8. The second-order valence-corrected chi connectivity index (χ2v) is 10.4. The van der Waals surface area contributed by atoms with Gasteiger partial charge in [0.15, 0.2) is 0 Å². The summed E-state index contributed by atoms with van der Waals surface area (Å²) in [6, 6.07) is 7.18. The van der Waals surface area contributed by atoms with Crippen LogP contribution in [0.15, 0.2) is 29.2 Å². The molecule has 28 heavy (non-hydrogen) atoms. The van der Waals surface area contributed by atoms with Crippen LogP contribution in [0.4, 0.5) is 0 Å². The molecule has 3 rings (SSSR count).